The van der Waals surface area contributed by atoms with Gasteiger partial charge in [0.05, 0.1) is 0 Å². The molecule has 2 aromatic rings. The van der Waals surface area contributed by atoms with Gasteiger partial charge < -0.3 is 10.2 Å². The minimum atomic E-state index is 0.0966. The number of nitrogens with one attached hydrogen (secondary N) is 1. The molecule has 1 aliphatic heterocycles. The zero-order chi connectivity index (χ0) is 17.1. The molecule has 3 heteroatoms. The van der Waals surface area contributed by atoms with E-state index in [4.69, 9.17) is 0 Å². The molecule has 0 aliphatic carbocycles. The molecule has 1 N–H and O–H groups in total. The van der Waals surface area contributed by atoms with Gasteiger partial charge in [-0.25, -0.2) is 0 Å². The SMILES string of the molecule is CC(C)C(=O)N1CC[C@@H](NCc2ccc3ccccc3c2)[C@@H](C)C1. The average molecular weight is 324 g/mol. The summed E-state index contributed by atoms with van der Waals surface area (Å²) in [6.07, 6.45) is 1.03. The fourth-order valence-corrected chi connectivity index (χ4v) is 3.61. The molecule has 0 bridgehead atoms. The lowest BCUT2D eigenvalue weighted by Gasteiger charge is -2.38. The Morgan fingerprint density at radius 1 is 1.21 bits per heavy atom. The molecule has 1 heterocycles. The molecule has 0 aromatic heterocycles. The second kappa shape index (κ2) is 7.35. The van der Waals surface area contributed by atoms with E-state index in [2.05, 4.69) is 54.7 Å². The van der Waals surface area contributed by atoms with Crippen molar-refractivity contribution in [3.05, 3.63) is 48.0 Å². The first kappa shape index (κ1) is 17.0. The monoisotopic (exact) mass is 324 g/mol. The maximum Gasteiger partial charge on any atom is 0.225 e. The number of nitrogens with zero attached hydrogens (tertiary/aromatic N) is 1. The number of fused-ring (bicyclic) bond motifs is 1. The summed E-state index contributed by atoms with van der Waals surface area (Å²) in [5.41, 5.74) is 1.32. The smallest absolute Gasteiger partial charge is 0.225 e. The number of piperidine rings is 1. The number of amides is 1. The Hall–Kier alpha value is -1.87. The van der Waals surface area contributed by atoms with Crippen LogP contribution >= 0.6 is 0 Å². The van der Waals surface area contributed by atoms with E-state index in [-0.39, 0.29) is 11.8 Å². The lowest BCUT2D eigenvalue weighted by molar-refractivity contribution is -0.136. The molecule has 24 heavy (non-hydrogen) atoms. The predicted octanol–water partition coefficient (Wildman–Crippen LogP) is 3.82. The van der Waals surface area contributed by atoms with E-state index in [9.17, 15) is 4.79 Å². The number of benzene rings is 2. The van der Waals surface area contributed by atoms with Gasteiger partial charge in [-0.2, -0.15) is 0 Å². The van der Waals surface area contributed by atoms with Crippen LogP contribution in [0.15, 0.2) is 42.5 Å². The molecule has 128 valence electrons. The molecular formula is C21H28N2O. The highest BCUT2D eigenvalue weighted by Crippen LogP contribution is 2.20. The van der Waals surface area contributed by atoms with Gasteiger partial charge in [0.25, 0.3) is 0 Å². The maximum absolute atomic E-state index is 12.2. The highest BCUT2D eigenvalue weighted by molar-refractivity contribution is 5.83. The van der Waals surface area contributed by atoms with Crippen LogP contribution in [0.3, 0.4) is 0 Å². The Balaban J connectivity index is 1.57. The van der Waals surface area contributed by atoms with Crippen molar-refractivity contribution in [2.45, 2.75) is 39.8 Å². The fourth-order valence-electron chi connectivity index (χ4n) is 3.61. The number of hydrogen-bond donors (Lipinski definition) is 1. The zero-order valence-corrected chi connectivity index (χ0v) is 15.0. The van der Waals surface area contributed by atoms with E-state index in [1.54, 1.807) is 0 Å². The molecule has 0 radical (unpaired) electrons. The van der Waals surface area contributed by atoms with Gasteiger partial charge in [0.2, 0.25) is 5.91 Å². The third-order valence-electron chi connectivity index (χ3n) is 5.09. The summed E-state index contributed by atoms with van der Waals surface area (Å²) in [6, 6.07) is 15.6. The Labute approximate surface area is 145 Å². The van der Waals surface area contributed by atoms with Crippen molar-refractivity contribution in [2.24, 2.45) is 11.8 Å². The zero-order valence-electron chi connectivity index (χ0n) is 15.0. The molecule has 0 spiro atoms. The van der Waals surface area contributed by atoms with Gasteiger partial charge in [0.1, 0.15) is 0 Å². The van der Waals surface area contributed by atoms with Crippen LogP contribution in [0.25, 0.3) is 10.8 Å². The molecule has 2 atom stereocenters. The minimum absolute atomic E-state index is 0.0966. The first-order valence-corrected chi connectivity index (χ1v) is 9.04. The third-order valence-corrected chi connectivity index (χ3v) is 5.09. The molecule has 0 unspecified atom stereocenters. The van der Waals surface area contributed by atoms with Crippen molar-refractivity contribution in [3.8, 4) is 0 Å². The van der Waals surface area contributed by atoms with Gasteiger partial charge >= 0.3 is 0 Å². The van der Waals surface area contributed by atoms with Crippen molar-refractivity contribution in [2.75, 3.05) is 13.1 Å². The predicted molar refractivity (Wildman–Crippen MR) is 99.8 cm³/mol. The van der Waals surface area contributed by atoms with E-state index in [0.717, 1.165) is 26.1 Å². The Morgan fingerprint density at radius 3 is 2.67 bits per heavy atom. The van der Waals surface area contributed by atoms with Crippen molar-refractivity contribution >= 4 is 16.7 Å². The van der Waals surface area contributed by atoms with Crippen LogP contribution < -0.4 is 5.32 Å². The molecule has 1 aliphatic rings. The van der Waals surface area contributed by atoms with E-state index < -0.39 is 0 Å². The van der Waals surface area contributed by atoms with Gasteiger partial charge in [0, 0.05) is 31.6 Å². The molecule has 1 amide bonds. The Bertz CT molecular complexity index is 710. The standard InChI is InChI=1S/C21H28N2O/c1-15(2)21(24)23-11-10-20(16(3)14-23)22-13-17-8-9-18-6-4-5-7-19(18)12-17/h4-9,12,15-16,20,22H,10-11,13-14H2,1-3H3/t16-,20+/m0/s1. The van der Waals surface area contributed by atoms with Crippen LogP contribution in [-0.4, -0.2) is 29.9 Å². The molecule has 2 aromatic carbocycles. The average Bonchev–Trinajstić information content (AvgIpc) is 2.59. The van der Waals surface area contributed by atoms with Gasteiger partial charge in [0.15, 0.2) is 0 Å². The topological polar surface area (TPSA) is 32.3 Å². The number of carbonyl (C=O) groups is 1. The Kier molecular flexibility index (Phi) is 5.20. The van der Waals surface area contributed by atoms with E-state index in [1.807, 2.05) is 18.7 Å². The van der Waals surface area contributed by atoms with Gasteiger partial charge in [-0.05, 0) is 34.7 Å². The summed E-state index contributed by atoms with van der Waals surface area (Å²) in [7, 11) is 0. The van der Waals surface area contributed by atoms with Crippen LogP contribution in [0.1, 0.15) is 32.8 Å². The second-order valence-corrected chi connectivity index (χ2v) is 7.37. The first-order chi connectivity index (χ1) is 11.5. The van der Waals surface area contributed by atoms with Gasteiger partial charge in [-0.15, -0.1) is 0 Å². The van der Waals surface area contributed by atoms with Crippen LogP contribution in [0.2, 0.25) is 0 Å². The second-order valence-electron chi connectivity index (χ2n) is 7.37. The van der Waals surface area contributed by atoms with Gasteiger partial charge in [-0.3, -0.25) is 4.79 Å². The Morgan fingerprint density at radius 2 is 1.96 bits per heavy atom. The summed E-state index contributed by atoms with van der Waals surface area (Å²) in [4.78, 5) is 14.2. The third kappa shape index (κ3) is 3.78. The highest BCUT2D eigenvalue weighted by Gasteiger charge is 2.29. The van der Waals surface area contributed by atoms with Crippen molar-refractivity contribution in [1.29, 1.82) is 0 Å². The quantitative estimate of drug-likeness (QED) is 0.927. The molecular weight excluding hydrogens is 296 g/mol. The summed E-state index contributed by atoms with van der Waals surface area (Å²) in [5, 5.41) is 6.28. The summed E-state index contributed by atoms with van der Waals surface area (Å²) in [6.45, 7) is 8.84. The van der Waals surface area contributed by atoms with Crippen molar-refractivity contribution in [3.63, 3.8) is 0 Å². The molecule has 3 rings (SSSR count). The molecule has 1 fully saturated rings. The minimum Gasteiger partial charge on any atom is -0.342 e. The first-order valence-electron chi connectivity index (χ1n) is 9.04. The highest BCUT2D eigenvalue weighted by atomic mass is 16.2. The van der Waals surface area contributed by atoms with Crippen LogP contribution in [0.5, 0.6) is 0 Å². The van der Waals surface area contributed by atoms with Crippen LogP contribution in [-0.2, 0) is 11.3 Å². The number of carbonyl (C=O) groups excluding carboxylic acids is 1. The number of hydrogen-bond acceptors (Lipinski definition) is 2. The molecule has 0 saturated carbocycles. The van der Waals surface area contributed by atoms with Crippen molar-refractivity contribution in [1.82, 2.24) is 10.2 Å². The van der Waals surface area contributed by atoms with Crippen LogP contribution in [0, 0.1) is 11.8 Å². The summed E-state index contributed by atoms with van der Waals surface area (Å²) < 4.78 is 0. The lowest BCUT2D eigenvalue weighted by Crippen LogP contribution is -2.50. The summed E-state index contributed by atoms with van der Waals surface area (Å²) in [5.74, 6) is 0.871. The van der Waals surface area contributed by atoms with Gasteiger partial charge in [-0.1, -0.05) is 57.2 Å². The molecule has 1 saturated heterocycles. The fraction of sp³-hybridized carbons (Fsp3) is 0.476. The van der Waals surface area contributed by atoms with Crippen molar-refractivity contribution < 1.29 is 4.79 Å². The number of rotatable bonds is 4. The van der Waals surface area contributed by atoms with Crippen LogP contribution in [0.4, 0.5) is 0 Å². The van der Waals surface area contributed by atoms with E-state index in [0.29, 0.717) is 12.0 Å². The molecule has 3 nitrogen and oxygen atoms in total. The van der Waals surface area contributed by atoms with E-state index >= 15 is 0 Å². The normalized spacial score (nSPS) is 21.4. The lowest BCUT2D eigenvalue weighted by atomic mass is 9.92. The number of likely N-dealkylation sites (tertiary alicyclic amines) is 1. The van der Waals surface area contributed by atoms with E-state index in [1.165, 1.54) is 16.3 Å². The maximum atomic E-state index is 12.2. The largest absolute Gasteiger partial charge is 0.342 e. The summed E-state index contributed by atoms with van der Waals surface area (Å²) >= 11 is 0.